The van der Waals surface area contributed by atoms with Crippen LogP contribution in [-0.4, -0.2) is 19.2 Å². The zero-order chi connectivity index (χ0) is 17.6. The first kappa shape index (κ1) is 17.0. The molecule has 1 N–H and O–H groups in total. The Hall–Kier alpha value is -2.85. The number of carbonyl (C=O) groups is 1. The van der Waals surface area contributed by atoms with Gasteiger partial charge in [-0.1, -0.05) is 54.1 Å². The number of amides is 1. The van der Waals surface area contributed by atoms with E-state index in [4.69, 9.17) is 16.3 Å². The Morgan fingerprint density at radius 2 is 1.96 bits per heavy atom. The molecule has 0 unspecified atom stereocenters. The summed E-state index contributed by atoms with van der Waals surface area (Å²) in [6.45, 7) is 0. The molecule has 25 heavy (non-hydrogen) atoms. The smallest absolute Gasteiger partial charge is 0.244 e. The molecular formula is C20H17ClN2O2. The maximum atomic E-state index is 12.2. The lowest BCUT2D eigenvalue weighted by Crippen LogP contribution is -2.19. The molecule has 1 amide bonds. The molecule has 0 spiro atoms. The lowest BCUT2D eigenvalue weighted by Gasteiger charge is -2.06. The first-order valence-corrected chi connectivity index (χ1v) is 8.17. The van der Waals surface area contributed by atoms with Crippen LogP contribution in [0.1, 0.15) is 11.1 Å². The summed E-state index contributed by atoms with van der Waals surface area (Å²) in [6.07, 6.45) is 1.77. The minimum Gasteiger partial charge on any atom is -0.496 e. The molecule has 3 aromatic carbocycles. The molecule has 0 atom stereocenters. The molecule has 0 saturated heterocycles. The number of nitrogens with zero attached hydrogens (tertiary/aromatic N) is 1. The van der Waals surface area contributed by atoms with Crippen LogP contribution in [0.2, 0.25) is 5.02 Å². The highest BCUT2D eigenvalue weighted by molar-refractivity contribution is 6.30. The second kappa shape index (κ2) is 7.81. The van der Waals surface area contributed by atoms with Crippen LogP contribution < -0.4 is 10.2 Å². The standard InChI is InChI=1S/C20H17ClN2O2/c1-25-19-10-9-17(21)11-16(19)13-22-23-20(24)12-15-7-4-6-14-5-2-3-8-18(14)15/h2-11,13H,12H2,1H3,(H,23,24). The minimum absolute atomic E-state index is 0.186. The van der Waals surface area contributed by atoms with Crippen molar-refractivity contribution in [1.29, 1.82) is 0 Å². The van der Waals surface area contributed by atoms with Gasteiger partial charge in [0, 0.05) is 10.6 Å². The quantitative estimate of drug-likeness (QED) is 0.552. The van der Waals surface area contributed by atoms with Crippen molar-refractivity contribution in [1.82, 2.24) is 5.43 Å². The molecular weight excluding hydrogens is 336 g/mol. The highest BCUT2D eigenvalue weighted by atomic mass is 35.5. The van der Waals surface area contributed by atoms with Crippen LogP contribution >= 0.6 is 11.6 Å². The van der Waals surface area contributed by atoms with Crippen molar-refractivity contribution in [3.63, 3.8) is 0 Å². The third-order valence-electron chi connectivity index (χ3n) is 3.82. The molecule has 0 aliphatic carbocycles. The second-order valence-electron chi connectivity index (χ2n) is 5.49. The molecule has 0 fully saturated rings. The van der Waals surface area contributed by atoms with Crippen molar-refractivity contribution in [2.45, 2.75) is 6.42 Å². The van der Waals surface area contributed by atoms with Crippen molar-refractivity contribution in [2.75, 3.05) is 7.11 Å². The first-order chi connectivity index (χ1) is 12.2. The van der Waals surface area contributed by atoms with Gasteiger partial charge in [-0.2, -0.15) is 5.10 Å². The summed E-state index contributed by atoms with van der Waals surface area (Å²) in [7, 11) is 1.57. The van der Waals surface area contributed by atoms with Gasteiger partial charge in [-0.25, -0.2) is 5.43 Å². The maximum Gasteiger partial charge on any atom is 0.244 e. The van der Waals surface area contributed by atoms with Gasteiger partial charge in [-0.3, -0.25) is 4.79 Å². The highest BCUT2D eigenvalue weighted by Gasteiger charge is 2.06. The third kappa shape index (κ3) is 4.17. The van der Waals surface area contributed by atoms with Gasteiger partial charge in [0.25, 0.3) is 0 Å². The number of hydrazone groups is 1. The van der Waals surface area contributed by atoms with E-state index in [-0.39, 0.29) is 12.3 Å². The summed E-state index contributed by atoms with van der Waals surface area (Å²) in [5, 5.41) is 6.76. The van der Waals surface area contributed by atoms with Gasteiger partial charge in [-0.05, 0) is 34.5 Å². The Bertz CT molecular complexity index is 933. The van der Waals surface area contributed by atoms with Crippen LogP contribution in [0.3, 0.4) is 0 Å². The highest BCUT2D eigenvalue weighted by Crippen LogP contribution is 2.21. The number of benzene rings is 3. The van der Waals surface area contributed by atoms with Crippen molar-refractivity contribution in [3.8, 4) is 5.75 Å². The van der Waals surface area contributed by atoms with Gasteiger partial charge < -0.3 is 4.74 Å². The van der Waals surface area contributed by atoms with E-state index in [2.05, 4.69) is 10.5 Å². The zero-order valence-corrected chi connectivity index (χ0v) is 14.5. The van der Waals surface area contributed by atoms with E-state index in [1.165, 1.54) is 6.21 Å². The van der Waals surface area contributed by atoms with Crippen LogP contribution in [0.4, 0.5) is 0 Å². The molecule has 0 aliphatic heterocycles. The van der Waals surface area contributed by atoms with Gasteiger partial charge in [-0.15, -0.1) is 0 Å². The molecule has 0 radical (unpaired) electrons. The molecule has 126 valence electrons. The lowest BCUT2D eigenvalue weighted by atomic mass is 10.0. The topological polar surface area (TPSA) is 50.7 Å². The van der Waals surface area contributed by atoms with Crippen LogP contribution in [0.5, 0.6) is 5.75 Å². The first-order valence-electron chi connectivity index (χ1n) is 7.79. The van der Waals surface area contributed by atoms with E-state index in [9.17, 15) is 4.79 Å². The second-order valence-corrected chi connectivity index (χ2v) is 5.93. The van der Waals surface area contributed by atoms with Gasteiger partial charge >= 0.3 is 0 Å². The molecule has 3 aromatic rings. The molecule has 0 aliphatic rings. The molecule has 0 heterocycles. The zero-order valence-electron chi connectivity index (χ0n) is 13.7. The van der Waals surface area contributed by atoms with Crippen molar-refractivity contribution < 1.29 is 9.53 Å². The fourth-order valence-electron chi connectivity index (χ4n) is 2.64. The van der Waals surface area contributed by atoms with Crippen LogP contribution in [0.25, 0.3) is 10.8 Å². The fourth-order valence-corrected chi connectivity index (χ4v) is 2.82. The summed E-state index contributed by atoms with van der Waals surface area (Å²) in [6, 6.07) is 19.1. The number of ether oxygens (including phenoxy) is 1. The van der Waals surface area contributed by atoms with Crippen molar-refractivity contribution in [3.05, 3.63) is 76.8 Å². The molecule has 3 rings (SSSR count). The molecule has 0 saturated carbocycles. The van der Waals surface area contributed by atoms with Crippen LogP contribution in [0, 0.1) is 0 Å². The summed E-state index contributed by atoms with van der Waals surface area (Å²) >= 11 is 5.97. The lowest BCUT2D eigenvalue weighted by molar-refractivity contribution is -0.120. The number of methoxy groups -OCH3 is 1. The van der Waals surface area contributed by atoms with Crippen molar-refractivity contribution in [2.24, 2.45) is 5.10 Å². The molecule has 4 nitrogen and oxygen atoms in total. The average molecular weight is 353 g/mol. The van der Waals surface area contributed by atoms with Gasteiger partial charge in [0.1, 0.15) is 5.75 Å². The fraction of sp³-hybridized carbons (Fsp3) is 0.100. The SMILES string of the molecule is COc1ccc(Cl)cc1C=NNC(=O)Cc1cccc2ccccc12. The Labute approximate surface area is 151 Å². The number of halogens is 1. The van der Waals surface area contributed by atoms with Gasteiger partial charge in [0.15, 0.2) is 0 Å². The van der Waals surface area contributed by atoms with Crippen molar-refractivity contribution >= 4 is 34.5 Å². The Kier molecular flexibility index (Phi) is 5.31. The molecule has 0 bridgehead atoms. The average Bonchev–Trinajstić information content (AvgIpc) is 2.62. The Morgan fingerprint density at radius 3 is 2.80 bits per heavy atom. The van der Waals surface area contributed by atoms with E-state index in [1.54, 1.807) is 25.3 Å². The van der Waals surface area contributed by atoms with E-state index in [1.807, 2.05) is 42.5 Å². The number of rotatable bonds is 5. The molecule has 5 heteroatoms. The normalized spacial score (nSPS) is 11.0. The minimum atomic E-state index is -0.186. The summed E-state index contributed by atoms with van der Waals surface area (Å²) in [5.74, 6) is 0.449. The van der Waals surface area contributed by atoms with Gasteiger partial charge in [0.05, 0.1) is 19.7 Å². The number of hydrogen-bond acceptors (Lipinski definition) is 3. The Balaban J connectivity index is 1.70. The number of nitrogens with one attached hydrogen (secondary N) is 1. The monoisotopic (exact) mass is 352 g/mol. The number of carbonyl (C=O) groups excluding carboxylic acids is 1. The summed E-state index contributed by atoms with van der Waals surface area (Å²) < 4.78 is 5.24. The number of fused-ring (bicyclic) bond motifs is 1. The van der Waals surface area contributed by atoms with E-state index < -0.39 is 0 Å². The van der Waals surface area contributed by atoms with Crippen LogP contribution in [0.15, 0.2) is 65.8 Å². The number of hydrogen-bond donors (Lipinski definition) is 1. The Morgan fingerprint density at radius 1 is 1.16 bits per heavy atom. The van der Waals surface area contributed by atoms with E-state index in [0.29, 0.717) is 16.3 Å². The molecule has 0 aromatic heterocycles. The largest absolute Gasteiger partial charge is 0.496 e. The maximum absolute atomic E-state index is 12.2. The van der Waals surface area contributed by atoms with Crippen LogP contribution in [-0.2, 0) is 11.2 Å². The summed E-state index contributed by atoms with van der Waals surface area (Å²) in [5.41, 5.74) is 4.21. The predicted molar refractivity (Wildman–Crippen MR) is 101 cm³/mol. The van der Waals surface area contributed by atoms with E-state index >= 15 is 0 Å². The van der Waals surface area contributed by atoms with E-state index in [0.717, 1.165) is 16.3 Å². The van der Waals surface area contributed by atoms with Gasteiger partial charge in [0.2, 0.25) is 5.91 Å². The third-order valence-corrected chi connectivity index (χ3v) is 4.05. The predicted octanol–water partition coefficient (Wildman–Crippen LogP) is 4.19. The summed E-state index contributed by atoms with van der Waals surface area (Å²) in [4.78, 5) is 12.2.